The second-order valence-electron chi connectivity index (χ2n) is 14.3. The van der Waals surface area contributed by atoms with Crippen molar-refractivity contribution in [2.45, 2.75) is 154 Å². The van der Waals surface area contributed by atoms with Crippen LogP contribution in [0.2, 0.25) is 54.4 Å². The highest BCUT2D eigenvalue weighted by molar-refractivity contribution is 6.75. The van der Waals surface area contributed by atoms with Gasteiger partial charge in [0.1, 0.15) is 12.2 Å². The number of rotatable bonds is 6. The molecule has 0 aliphatic carbocycles. The van der Waals surface area contributed by atoms with Crippen LogP contribution in [0, 0.1) is 0 Å². The molecule has 0 bridgehead atoms. The molecule has 5 nitrogen and oxygen atoms in total. The first kappa shape index (κ1) is 30.5. The number of hydrogen-bond acceptors (Lipinski definition) is 5. The Morgan fingerprint density at radius 2 is 0.844 bits per heavy atom. The fraction of sp³-hybridized carbons (Fsp3) is 1.00. The summed E-state index contributed by atoms with van der Waals surface area (Å²) in [5, 5.41) is 11.2. The highest BCUT2D eigenvalue weighted by atomic mass is 28.4. The predicted octanol–water partition coefficient (Wildman–Crippen LogP) is 6.89. The van der Waals surface area contributed by atoms with E-state index in [9.17, 15) is 5.11 Å². The molecule has 0 radical (unpaired) electrons. The van der Waals surface area contributed by atoms with E-state index in [1.165, 1.54) is 0 Å². The molecule has 0 aromatic rings. The SMILES string of the molecule is C[C@@H]1O[C@@H](O)[C@@H](O[Si](C)(C)C(C)(C)C)[C@H](O[Si](C)(C)C(C)(C)C)[C@@H]1O[Si](C)(C)C(C)(C)C. The van der Waals surface area contributed by atoms with Crippen LogP contribution in [-0.2, 0) is 18.0 Å². The number of ether oxygens (including phenoxy) is 1. The number of hydrogen-bond donors (Lipinski definition) is 1. The van der Waals surface area contributed by atoms with E-state index in [-0.39, 0.29) is 33.4 Å². The van der Waals surface area contributed by atoms with Crippen LogP contribution in [0.5, 0.6) is 0 Å². The van der Waals surface area contributed by atoms with Gasteiger partial charge < -0.3 is 23.1 Å². The van der Waals surface area contributed by atoms with Crippen LogP contribution in [0.3, 0.4) is 0 Å². The van der Waals surface area contributed by atoms with E-state index in [1.807, 2.05) is 6.92 Å². The Hall–Kier alpha value is 0.451. The molecular formula is C24H54O5Si3. The summed E-state index contributed by atoms with van der Waals surface area (Å²) in [7, 11) is -6.48. The summed E-state index contributed by atoms with van der Waals surface area (Å²) in [5.41, 5.74) is 0. The van der Waals surface area contributed by atoms with Crippen LogP contribution in [0.1, 0.15) is 69.2 Å². The highest BCUT2D eigenvalue weighted by Gasteiger charge is 2.55. The molecule has 32 heavy (non-hydrogen) atoms. The van der Waals surface area contributed by atoms with Gasteiger partial charge in [0.15, 0.2) is 31.2 Å². The maximum atomic E-state index is 11.1. The Bertz CT molecular complexity index is 589. The summed E-state index contributed by atoms with van der Waals surface area (Å²) >= 11 is 0. The van der Waals surface area contributed by atoms with Crippen molar-refractivity contribution in [1.29, 1.82) is 0 Å². The molecule has 8 heteroatoms. The van der Waals surface area contributed by atoms with Crippen molar-refractivity contribution in [3.8, 4) is 0 Å². The Labute approximate surface area is 202 Å². The lowest BCUT2D eigenvalue weighted by Gasteiger charge is -2.53. The van der Waals surface area contributed by atoms with Gasteiger partial charge in [-0.25, -0.2) is 0 Å². The third-order valence-electron chi connectivity index (χ3n) is 8.46. The molecule has 1 N–H and O–H groups in total. The molecule has 0 unspecified atom stereocenters. The van der Waals surface area contributed by atoms with Crippen LogP contribution < -0.4 is 0 Å². The van der Waals surface area contributed by atoms with Crippen molar-refractivity contribution in [1.82, 2.24) is 0 Å². The molecule has 5 atom stereocenters. The molecule has 0 saturated carbocycles. The first-order valence-electron chi connectivity index (χ1n) is 12.2. The van der Waals surface area contributed by atoms with Crippen molar-refractivity contribution < 1.29 is 23.1 Å². The van der Waals surface area contributed by atoms with Gasteiger partial charge in [-0.05, 0) is 61.3 Å². The first-order valence-corrected chi connectivity index (χ1v) is 20.9. The monoisotopic (exact) mass is 506 g/mol. The number of aliphatic hydroxyl groups excluding tert-OH is 1. The zero-order valence-electron chi connectivity index (χ0n) is 24.0. The van der Waals surface area contributed by atoms with Gasteiger partial charge in [-0.3, -0.25) is 0 Å². The normalized spacial score (nSPS) is 29.3. The molecule has 1 fully saturated rings. The van der Waals surface area contributed by atoms with Crippen LogP contribution >= 0.6 is 0 Å². The topological polar surface area (TPSA) is 57.2 Å². The molecule has 192 valence electrons. The van der Waals surface area contributed by atoms with Gasteiger partial charge in [0, 0.05) is 0 Å². The van der Waals surface area contributed by atoms with Gasteiger partial charge in [-0.15, -0.1) is 0 Å². The van der Waals surface area contributed by atoms with Gasteiger partial charge in [-0.2, -0.15) is 0 Å². The molecule has 1 rings (SSSR count). The lowest BCUT2D eigenvalue weighted by molar-refractivity contribution is -0.267. The molecule has 1 heterocycles. The van der Waals surface area contributed by atoms with Gasteiger partial charge >= 0.3 is 0 Å². The summed E-state index contributed by atoms with van der Waals surface area (Å²) in [6.07, 6.45) is -2.56. The third kappa shape index (κ3) is 6.77. The van der Waals surface area contributed by atoms with E-state index >= 15 is 0 Å². The Kier molecular flexibility index (Phi) is 9.03. The molecule has 0 amide bonds. The quantitative estimate of drug-likeness (QED) is 0.397. The van der Waals surface area contributed by atoms with Gasteiger partial charge in [-0.1, -0.05) is 62.3 Å². The second kappa shape index (κ2) is 9.48. The first-order chi connectivity index (χ1) is 13.8. The minimum atomic E-state index is -2.19. The molecule has 0 aromatic carbocycles. The fourth-order valence-corrected chi connectivity index (χ4v) is 6.91. The zero-order valence-corrected chi connectivity index (χ0v) is 27.0. The van der Waals surface area contributed by atoms with Crippen LogP contribution in [0.4, 0.5) is 0 Å². The van der Waals surface area contributed by atoms with E-state index in [0.29, 0.717) is 0 Å². The summed E-state index contributed by atoms with van der Waals surface area (Å²) in [6, 6.07) is 0. The Balaban J connectivity index is 3.51. The minimum absolute atomic E-state index is 0.00703. The standard InChI is InChI=1S/C24H54O5Si3/c1-17-18(27-30(11,12)22(2,3)4)19(28-31(13,14)23(5,6)7)20(21(25)26-17)29-32(15,16)24(8,9)10/h17-21,25H,1-16H3/t17-,18+,19+,20-,21+/m0/s1. The highest BCUT2D eigenvalue weighted by Crippen LogP contribution is 2.45. The second-order valence-corrected chi connectivity index (χ2v) is 28.5. The average Bonchev–Trinajstić information content (AvgIpc) is 2.51. The average molecular weight is 507 g/mol. The van der Waals surface area contributed by atoms with Gasteiger partial charge in [0.05, 0.1) is 12.2 Å². The van der Waals surface area contributed by atoms with E-state index in [4.69, 9.17) is 18.0 Å². The zero-order chi connectivity index (χ0) is 25.7. The van der Waals surface area contributed by atoms with Crippen LogP contribution in [0.15, 0.2) is 0 Å². The molecule has 0 spiro atoms. The molecular weight excluding hydrogens is 453 g/mol. The van der Waals surface area contributed by atoms with Gasteiger partial charge in [0.2, 0.25) is 0 Å². The van der Waals surface area contributed by atoms with Crippen molar-refractivity contribution in [3.05, 3.63) is 0 Å². The fourth-order valence-electron chi connectivity index (χ4n) is 2.96. The lowest BCUT2D eigenvalue weighted by Crippen LogP contribution is -2.66. The number of aliphatic hydroxyl groups is 1. The minimum Gasteiger partial charge on any atom is -0.409 e. The van der Waals surface area contributed by atoms with E-state index in [2.05, 4.69) is 102 Å². The van der Waals surface area contributed by atoms with E-state index in [1.54, 1.807) is 0 Å². The van der Waals surface area contributed by atoms with Crippen molar-refractivity contribution in [3.63, 3.8) is 0 Å². The van der Waals surface area contributed by atoms with E-state index < -0.39 is 37.3 Å². The maximum absolute atomic E-state index is 11.1. The third-order valence-corrected chi connectivity index (χ3v) is 21.9. The van der Waals surface area contributed by atoms with Crippen molar-refractivity contribution >= 4 is 25.0 Å². The smallest absolute Gasteiger partial charge is 0.192 e. The predicted molar refractivity (Wildman–Crippen MR) is 143 cm³/mol. The summed E-state index contributed by atoms with van der Waals surface area (Å²) in [5.74, 6) is 0. The Morgan fingerprint density at radius 1 is 0.562 bits per heavy atom. The van der Waals surface area contributed by atoms with E-state index in [0.717, 1.165) is 0 Å². The maximum Gasteiger partial charge on any atom is 0.192 e. The summed E-state index contributed by atoms with van der Waals surface area (Å²) in [6.45, 7) is 35.6. The molecule has 1 saturated heterocycles. The Morgan fingerprint density at radius 3 is 1.16 bits per heavy atom. The van der Waals surface area contributed by atoms with Crippen molar-refractivity contribution in [2.24, 2.45) is 0 Å². The van der Waals surface area contributed by atoms with Gasteiger partial charge in [0.25, 0.3) is 0 Å². The van der Waals surface area contributed by atoms with Crippen molar-refractivity contribution in [2.75, 3.05) is 0 Å². The lowest BCUT2D eigenvalue weighted by atomic mass is 10.0. The molecule has 0 aromatic heterocycles. The largest absolute Gasteiger partial charge is 0.409 e. The van der Waals surface area contributed by atoms with Crippen LogP contribution in [-0.4, -0.2) is 60.8 Å². The molecule has 1 aliphatic rings. The summed E-state index contributed by atoms with van der Waals surface area (Å²) < 4.78 is 26.8. The van der Waals surface area contributed by atoms with Crippen LogP contribution in [0.25, 0.3) is 0 Å². The molecule has 1 aliphatic heterocycles. The summed E-state index contributed by atoms with van der Waals surface area (Å²) in [4.78, 5) is 0.